The number of nitrogens with zero attached hydrogens (tertiary/aromatic N) is 2. The first-order chi connectivity index (χ1) is 12.4. The van der Waals surface area contributed by atoms with E-state index in [-0.39, 0.29) is 5.41 Å². The number of aliphatic imine (C=N–C) groups is 1. The van der Waals surface area contributed by atoms with Gasteiger partial charge in [-0.15, -0.1) is 0 Å². The lowest BCUT2D eigenvalue weighted by atomic mass is 9.70. The molecule has 1 aromatic carbocycles. The number of hydrogen-bond acceptors (Lipinski definition) is 3. The molecule has 1 saturated heterocycles. The van der Waals surface area contributed by atoms with Crippen LogP contribution in [0.25, 0.3) is 0 Å². The van der Waals surface area contributed by atoms with Crippen molar-refractivity contribution in [2.24, 2.45) is 10.4 Å². The molecule has 4 nitrogen and oxygen atoms in total. The zero-order valence-electron chi connectivity index (χ0n) is 15.1. The molecule has 1 spiro atoms. The van der Waals surface area contributed by atoms with E-state index < -0.39 is 0 Å². The van der Waals surface area contributed by atoms with Gasteiger partial charge in [0.05, 0.1) is 16.6 Å². The first kappa shape index (κ1) is 17.9. The van der Waals surface area contributed by atoms with E-state index in [0.717, 1.165) is 55.4 Å². The molecule has 0 saturated carbocycles. The normalized spacial score (nSPS) is 21.0. The van der Waals surface area contributed by atoms with Gasteiger partial charge in [-0.05, 0) is 76.2 Å². The molecule has 0 atom stereocenters. The molecule has 2 aliphatic rings. The number of anilines is 1. The zero-order valence-corrected chi connectivity index (χ0v) is 16.6. The summed E-state index contributed by atoms with van der Waals surface area (Å²) in [6.45, 7) is 4.63. The summed E-state index contributed by atoms with van der Waals surface area (Å²) in [7, 11) is 2.18. The summed E-state index contributed by atoms with van der Waals surface area (Å²) in [6.07, 6.45) is 3.09. The topological polar surface area (TPSA) is 40.8 Å². The summed E-state index contributed by atoms with van der Waals surface area (Å²) in [6, 6.07) is 7.88. The summed E-state index contributed by atoms with van der Waals surface area (Å²) >= 11 is 12.5. The molecule has 1 aromatic heterocycles. The largest absolute Gasteiger partial charge is 0.464 e. The second kappa shape index (κ2) is 6.91. The lowest BCUT2D eigenvalue weighted by molar-refractivity contribution is 0.178. The van der Waals surface area contributed by atoms with Crippen molar-refractivity contribution in [3.8, 4) is 0 Å². The maximum absolute atomic E-state index is 6.27. The molecule has 2 aromatic rings. The van der Waals surface area contributed by atoms with Crippen LogP contribution in [0.1, 0.15) is 29.9 Å². The first-order valence-corrected chi connectivity index (χ1v) is 9.74. The average molecular weight is 392 g/mol. The Labute approximate surface area is 164 Å². The van der Waals surface area contributed by atoms with Gasteiger partial charge in [-0.3, -0.25) is 4.99 Å². The Morgan fingerprint density at radius 1 is 1.19 bits per heavy atom. The fourth-order valence-corrected chi connectivity index (χ4v) is 4.30. The molecule has 26 heavy (non-hydrogen) atoms. The molecule has 1 fully saturated rings. The molecular weight excluding hydrogens is 369 g/mol. The van der Waals surface area contributed by atoms with Gasteiger partial charge in [-0.1, -0.05) is 23.2 Å². The number of fused-ring (bicyclic) bond motifs is 1. The maximum atomic E-state index is 6.27. The molecule has 0 unspecified atom stereocenters. The average Bonchev–Trinajstić information content (AvgIpc) is 3.03. The highest BCUT2D eigenvalue weighted by Crippen LogP contribution is 2.44. The van der Waals surface area contributed by atoms with Gasteiger partial charge < -0.3 is 14.6 Å². The summed E-state index contributed by atoms with van der Waals surface area (Å²) in [5, 5.41) is 4.74. The van der Waals surface area contributed by atoms with E-state index in [1.807, 2.05) is 31.2 Å². The van der Waals surface area contributed by atoms with Crippen molar-refractivity contribution in [3.05, 3.63) is 51.4 Å². The predicted octanol–water partition coefficient (Wildman–Crippen LogP) is 5.17. The van der Waals surface area contributed by atoms with Crippen LogP contribution < -0.4 is 5.32 Å². The van der Waals surface area contributed by atoms with Crippen molar-refractivity contribution in [3.63, 3.8) is 0 Å². The number of aryl methyl sites for hydroxylation is 1. The maximum Gasteiger partial charge on any atom is 0.125 e. The SMILES string of the molecule is Cc1ccc(CN=C2Nc3cc(Cl)c(Cl)cc3CC23CCN(C)CC3)o1. The third kappa shape index (κ3) is 3.38. The second-order valence-corrected chi connectivity index (χ2v) is 8.30. The molecule has 6 heteroatoms. The lowest BCUT2D eigenvalue weighted by Gasteiger charge is -2.45. The highest BCUT2D eigenvalue weighted by Gasteiger charge is 2.42. The number of piperidine rings is 1. The van der Waals surface area contributed by atoms with E-state index in [2.05, 4.69) is 17.3 Å². The van der Waals surface area contributed by atoms with Gasteiger partial charge >= 0.3 is 0 Å². The number of halogens is 2. The van der Waals surface area contributed by atoms with E-state index in [4.69, 9.17) is 32.6 Å². The molecule has 0 radical (unpaired) electrons. The number of furan rings is 1. The Kier molecular flexibility index (Phi) is 4.76. The molecule has 3 heterocycles. The first-order valence-electron chi connectivity index (χ1n) is 8.99. The highest BCUT2D eigenvalue weighted by atomic mass is 35.5. The molecule has 0 amide bonds. The van der Waals surface area contributed by atoms with Crippen LogP contribution in [-0.2, 0) is 13.0 Å². The van der Waals surface area contributed by atoms with Crippen molar-refractivity contribution in [1.82, 2.24) is 4.90 Å². The number of amidine groups is 1. The summed E-state index contributed by atoms with van der Waals surface area (Å²) in [4.78, 5) is 7.32. The third-order valence-electron chi connectivity index (χ3n) is 5.56. The minimum atomic E-state index is 0.0261. The molecule has 2 aliphatic heterocycles. The fourth-order valence-electron chi connectivity index (χ4n) is 3.95. The molecule has 0 aliphatic carbocycles. The minimum absolute atomic E-state index is 0.0261. The summed E-state index contributed by atoms with van der Waals surface area (Å²) in [5.41, 5.74) is 2.26. The van der Waals surface area contributed by atoms with Crippen LogP contribution in [0.2, 0.25) is 10.0 Å². The highest BCUT2D eigenvalue weighted by molar-refractivity contribution is 6.42. The van der Waals surface area contributed by atoms with Crippen LogP contribution in [0.3, 0.4) is 0 Å². The van der Waals surface area contributed by atoms with Gasteiger partial charge in [0.2, 0.25) is 0 Å². The number of nitrogens with one attached hydrogen (secondary N) is 1. The molecule has 1 N–H and O–H groups in total. The van der Waals surface area contributed by atoms with Crippen LogP contribution in [0.15, 0.2) is 33.7 Å². The van der Waals surface area contributed by atoms with Gasteiger partial charge in [-0.25, -0.2) is 0 Å². The Balaban J connectivity index is 1.69. The molecule has 138 valence electrons. The smallest absolute Gasteiger partial charge is 0.125 e. The number of likely N-dealkylation sites (tertiary alicyclic amines) is 1. The Morgan fingerprint density at radius 2 is 1.92 bits per heavy atom. The standard InChI is InChI=1S/C20H23Cl2N3O/c1-13-3-4-15(26-13)12-23-19-20(5-7-25(2)8-6-20)11-14-9-16(21)17(22)10-18(14)24-19/h3-4,9-10H,5-8,11-12H2,1-2H3,(H,23,24). The fraction of sp³-hybridized carbons (Fsp3) is 0.450. The van der Waals surface area contributed by atoms with E-state index in [0.29, 0.717) is 16.6 Å². The van der Waals surface area contributed by atoms with Crippen molar-refractivity contribution < 1.29 is 4.42 Å². The summed E-state index contributed by atoms with van der Waals surface area (Å²) < 4.78 is 5.69. The van der Waals surface area contributed by atoms with Gasteiger partial charge in [0.1, 0.15) is 17.4 Å². The molecular formula is C20H23Cl2N3O. The van der Waals surface area contributed by atoms with Crippen molar-refractivity contribution >= 4 is 34.7 Å². The van der Waals surface area contributed by atoms with Crippen LogP contribution in [0, 0.1) is 12.3 Å². The van der Waals surface area contributed by atoms with Crippen LogP contribution >= 0.6 is 23.2 Å². The summed E-state index contributed by atoms with van der Waals surface area (Å²) in [5.74, 6) is 2.85. The third-order valence-corrected chi connectivity index (χ3v) is 6.29. The number of rotatable bonds is 2. The number of benzene rings is 1. The van der Waals surface area contributed by atoms with Crippen LogP contribution in [0.5, 0.6) is 0 Å². The quantitative estimate of drug-likeness (QED) is 0.766. The van der Waals surface area contributed by atoms with Gasteiger partial charge in [0.25, 0.3) is 0 Å². The molecule has 0 bridgehead atoms. The van der Waals surface area contributed by atoms with Crippen molar-refractivity contribution in [2.75, 3.05) is 25.5 Å². The zero-order chi connectivity index (χ0) is 18.3. The van der Waals surface area contributed by atoms with Crippen molar-refractivity contribution in [2.45, 2.75) is 32.7 Å². The Bertz CT molecular complexity index is 851. The van der Waals surface area contributed by atoms with E-state index in [1.54, 1.807) is 0 Å². The molecule has 4 rings (SSSR count). The minimum Gasteiger partial charge on any atom is -0.464 e. The van der Waals surface area contributed by atoms with E-state index in [1.165, 1.54) is 5.56 Å². The Hall–Kier alpha value is -1.49. The van der Waals surface area contributed by atoms with Gasteiger partial charge in [0.15, 0.2) is 0 Å². The van der Waals surface area contributed by atoms with Crippen LogP contribution in [0.4, 0.5) is 5.69 Å². The Morgan fingerprint density at radius 3 is 2.62 bits per heavy atom. The monoisotopic (exact) mass is 391 g/mol. The predicted molar refractivity (Wildman–Crippen MR) is 108 cm³/mol. The van der Waals surface area contributed by atoms with E-state index in [9.17, 15) is 0 Å². The van der Waals surface area contributed by atoms with Gasteiger partial charge in [0, 0.05) is 11.1 Å². The van der Waals surface area contributed by atoms with Crippen molar-refractivity contribution in [1.29, 1.82) is 0 Å². The lowest BCUT2D eigenvalue weighted by Crippen LogP contribution is -2.49. The van der Waals surface area contributed by atoms with Crippen LogP contribution in [-0.4, -0.2) is 30.9 Å². The van der Waals surface area contributed by atoms with Gasteiger partial charge in [-0.2, -0.15) is 0 Å². The number of hydrogen-bond donors (Lipinski definition) is 1. The second-order valence-electron chi connectivity index (χ2n) is 7.49. The van der Waals surface area contributed by atoms with E-state index >= 15 is 0 Å².